The zero-order chi connectivity index (χ0) is 24.1. The number of anilines is 3. The van der Waals surface area contributed by atoms with Crippen LogP contribution in [0.15, 0.2) is 55.2 Å². The second kappa shape index (κ2) is 8.31. The van der Waals surface area contributed by atoms with Crippen molar-refractivity contribution in [3.63, 3.8) is 0 Å². The highest BCUT2D eigenvalue weighted by molar-refractivity contribution is 5.90. The molecule has 5 aromatic rings. The Labute approximate surface area is 206 Å². The van der Waals surface area contributed by atoms with E-state index < -0.39 is 0 Å². The van der Waals surface area contributed by atoms with Crippen molar-refractivity contribution in [3.8, 4) is 17.2 Å². The molecular formula is C25H23N9O2. The summed E-state index contributed by atoms with van der Waals surface area (Å²) in [5.74, 6) is 3.70. The first-order chi connectivity index (χ1) is 17.7. The van der Waals surface area contributed by atoms with E-state index in [4.69, 9.17) is 14.5 Å². The van der Waals surface area contributed by atoms with E-state index in [2.05, 4.69) is 35.6 Å². The second-order valence-corrected chi connectivity index (χ2v) is 8.94. The highest BCUT2D eigenvalue weighted by Crippen LogP contribution is 2.35. The van der Waals surface area contributed by atoms with Crippen LogP contribution in [0.2, 0.25) is 0 Å². The third kappa shape index (κ3) is 3.69. The molecule has 2 N–H and O–H groups in total. The molecule has 1 fully saturated rings. The molecule has 0 aliphatic carbocycles. The lowest BCUT2D eigenvalue weighted by atomic mass is 10.2. The normalized spacial score (nSPS) is 16.9. The van der Waals surface area contributed by atoms with Gasteiger partial charge in [-0.3, -0.25) is 0 Å². The number of piperazine rings is 1. The number of fused-ring (bicyclic) bond motifs is 6. The van der Waals surface area contributed by atoms with Crippen molar-refractivity contribution in [2.45, 2.75) is 13.0 Å². The molecule has 0 spiro atoms. The van der Waals surface area contributed by atoms with E-state index in [0.29, 0.717) is 29.7 Å². The third-order valence-electron chi connectivity index (χ3n) is 6.47. The largest absolute Gasteiger partial charge is 0.488 e. The minimum absolute atomic E-state index is 0.293. The molecule has 180 valence electrons. The van der Waals surface area contributed by atoms with E-state index in [9.17, 15) is 0 Å². The van der Waals surface area contributed by atoms with Gasteiger partial charge in [0.1, 0.15) is 36.3 Å². The Morgan fingerprint density at radius 3 is 3.03 bits per heavy atom. The van der Waals surface area contributed by atoms with Gasteiger partial charge in [-0.05, 0) is 36.8 Å². The summed E-state index contributed by atoms with van der Waals surface area (Å²) in [7, 11) is 0. The van der Waals surface area contributed by atoms with E-state index in [1.165, 1.54) is 6.33 Å². The molecule has 1 atom stereocenters. The molecule has 1 saturated heterocycles. The van der Waals surface area contributed by atoms with Gasteiger partial charge in [0, 0.05) is 43.7 Å². The fourth-order valence-corrected chi connectivity index (χ4v) is 4.67. The van der Waals surface area contributed by atoms with Crippen LogP contribution in [-0.4, -0.2) is 61.8 Å². The van der Waals surface area contributed by atoms with Gasteiger partial charge in [-0.25, -0.2) is 24.5 Å². The fraction of sp³-hybridized carbons (Fsp3) is 0.240. The van der Waals surface area contributed by atoms with Crippen molar-refractivity contribution in [1.29, 1.82) is 0 Å². The molecule has 1 aromatic carbocycles. The lowest BCUT2D eigenvalue weighted by molar-refractivity contribution is 0.271. The quantitative estimate of drug-likeness (QED) is 0.397. The number of rotatable bonds is 4. The zero-order valence-corrected chi connectivity index (χ0v) is 19.5. The molecule has 11 nitrogen and oxygen atoms in total. The summed E-state index contributed by atoms with van der Waals surface area (Å²) in [6.45, 7) is 5.28. The average Bonchev–Trinajstić information content (AvgIpc) is 3.33. The number of nitrogens with zero attached hydrogens (tertiary/aromatic N) is 7. The minimum atomic E-state index is 0.293. The topological polar surface area (TPSA) is 115 Å². The van der Waals surface area contributed by atoms with Crippen LogP contribution in [0.3, 0.4) is 0 Å². The van der Waals surface area contributed by atoms with Crippen molar-refractivity contribution >= 4 is 34.0 Å². The summed E-state index contributed by atoms with van der Waals surface area (Å²) in [4.78, 5) is 20.4. The SMILES string of the molecule is Cc1cc(Nc2ncnc3cc4c(nc23)N2CCN[C@H](CO4)C2)ccc1Oc1ccn2ncnc2c1. The van der Waals surface area contributed by atoms with Gasteiger partial charge in [0.2, 0.25) is 0 Å². The maximum Gasteiger partial charge on any atom is 0.172 e. The maximum atomic E-state index is 6.10. The molecule has 7 rings (SSSR count). The molecule has 36 heavy (non-hydrogen) atoms. The van der Waals surface area contributed by atoms with Crippen LogP contribution >= 0.6 is 0 Å². The summed E-state index contributed by atoms with van der Waals surface area (Å²) >= 11 is 0. The van der Waals surface area contributed by atoms with Crippen molar-refractivity contribution in [3.05, 3.63) is 60.8 Å². The number of pyridine rings is 2. The van der Waals surface area contributed by atoms with E-state index in [0.717, 1.165) is 59.4 Å². The number of benzene rings is 1. The minimum Gasteiger partial charge on any atom is -0.488 e. The Kier molecular flexibility index (Phi) is 4.81. The lowest BCUT2D eigenvalue weighted by Gasteiger charge is -2.31. The molecule has 6 heterocycles. The van der Waals surface area contributed by atoms with Crippen LogP contribution in [0.4, 0.5) is 17.3 Å². The first kappa shape index (κ1) is 20.8. The van der Waals surface area contributed by atoms with Gasteiger partial charge >= 0.3 is 0 Å². The average molecular weight is 482 g/mol. The fourth-order valence-electron chi connectivity index (χ4n) is 4.67. The Hall–Kier alpha value is -4.51. The molecule has 2 aliphatic heterocycles. The van der Waals surface area contributed by atoms with Gasteiger partial charge in [0.15, 0.2) is 23.0 Å². The number of aromatic nitrogens is 6. The predicted octanol–water partition coefficient (Wildman–Crippen LogP) is 3.08. The molecule has 0 saturated carbocycles. The van der Waals surface area contributed by atoms with Gasteiger partial charge in [-0.2, -0.15) is 5.10 Å². The monoisotopic (exact) mass is 481 g/mol. The first-order valence-corrected chi connectivity index (χ1v) is 11.8. The standard InChI is InChI=1S/C25H23N9O2/c1-15-8-16(2-3-20(15)36-18-4-6-34-22(9-18)28-14-30-34)31-24-23-19(27-13-29-24)10-21-25(32-23)33-7-5-26-17(11-33)12-35-21/h2-4,6,8-10,13-14,17,26H,5,7,11-12H2,1H3,(H,27,29,31)/t17-/m0/s1. The zero-order valence-electron chi connectivity index (χ0n) is 19.5. The van der Waals surface area contributed by atoms with Crippen molar-refractivity contribution in [2.24, 2.45) is 0 Å². The van der Waals surface area contributed by atoms with Gasteiger partial charge in [-0.1, -0.05) is 0 Å². The van der Waals surface area contributed by atoms with Gasteiger partial charge in [0.05, 0.1) is 11.6 Å². The van der Waals surface area contributed by atoms with E-state index >= 15 is 0 Å². The van der Waals surface area contributed by atoms with Crippen LogP contribution in [0.1, 0.15) is 5.56 Å². The molecule has 2 aliphatic rings. The third-order valence-corrected chi connectivity index (χ3v) is 6.47. The lowest BCUT2D eigenvalue weighted by Crippen LogP contribution is -2.51. The second-order valence-electron chi connectivity index (χ2n) is 8.94. The number of hydrogen-bond acceptors (Lipinski definition) is 10. The summed E-state index contributed by atoms with van der Waals surface area (Å²) < 4.78 is 13.9. The number of nitrogens with one attached hydrogen (secondary N) is 2. The van der Waals surface area contributed by atoms with E-state index in [-0.39, 0.29) is 0 Å². The van der Waals surface area contributed by atoms with Gasteiger partial charge in [0.25, 0.3) is 0 Å². The summed E-state index contributed by atoms with van der Waals surface area (Å²) in [5.41, 5.74) is 4.02. The Bertz CT molecular complexity index is 1600. The molecular weight excluding hydrogens is 458 g/mol. The van der Waals surface area contributed by atoms with Crippen LogP contribution in [0.5, 0.6) is 17.2 Å². The molecule has 4 aromatic heterocycles. The van der Waals surface area contributed by atoms with Gasteiger partial charge in [-0.15, -0.1) is 0 Å². The van der Waals surface area contributed by atoms with Crippen molar-refractivity contribution < 1.29 is 9.47 Å². The summed E-state index contributed by atoms with van der Waals surface area (Å²) in [5, 5.41) is 11.0. The Morgan fingerprint density at radius 1 is 1.11 bits per heavy atom. The molecule has 0 radical (unpaired) electrons. The highest BCUT2D eigenvalue weighted by Gasteiger charge is 2.28. The van der Waals surface area contributed by atoms with Crippen LogP contribution in [0, 0.1) is 6.92 Å². The Balaban J connectivity index is 1.18. The Morgan fingerprint density at radius 2 is 2.08 bits per heavy atom. The maximum absolute atomic E-state index is 6.10. The first-order valence-electron chi connectivity index (χ1n) is 11.8. The predicted molar refractivity (Wildman–Crippen MR) is 134 cm³/mol. The van der Waals surface area contributed by atoms with Crippen molar-refractivity contribution in [1.82, 2.24) is 34.9 Å². The number of hydrogen-bond donors (Lipinski definition) is 2. The summed E-state index contributed by atoms with van der Waals surface area (Å²) in [6, 6.07) is 11.9. The van der Waals surface area contributed by atoms with Crippen LogP contribution in [-0.2, 0) is 0 Å². The summed E-state index contributed by atoms with van der Waals surface area (Å²) in [6.07, 6.45) is 4.88. The van der Waals surface area contributed by atoms with Crippen LogP contribution in [0.25, 0.3) is 16.7 Å². The molecule has 11 heteroatoms. The molecule has 0 unspecified atom stereocenters. The van der Waals surface area contributed by atoms with E-state index in [1.54, 1.807) is 10.8 Å². The van der Waals surface area contributed by atoms with Gasteiger partial charge < -0.3 is 25.0 Å². The van der Waals surface area contributed by atoms with E-state index in [1.807, 2.05) is 49.5 Å². The van der Waals surface area contributed by atoms with Crippen LogP contribution < -0.4 is 25.0 Å². The molecule has 2 bridgehead atoms. The van der Waals surface area contributed by atoms with Crippen molar-refractivity contribution in [2.75, 3.05) is 36.5 Å². The smallest absolute Gasteiger partial charge is 0.172 e. The highest BCUT2D eigenvalue weighted by atomic mass is 16.5. The number of ether oxygens (including phenoxy) is 2. The molecule has 0 amide bonds. The number of aryl methyl sites for hydroxylation is 1.